The topological polar surface area (TPSA) is 42.0 Å². The highest BCUT2D eigenvalue weighted by Crippen LogP contribution is 2.23. The lowest BCUT2D eigenvalue weighted by molar-refractivity contribution is 0.102. The Morgan fingerprint density at radius 2 is 1.95 bits per heavy atom. The number of thiazole rings is 1. The van der Waals surface area contributed by atoms with Gasteiger partial charge in [-0.25, -0.2) is 13.8 Å². The second-order valence-corrected chi connectivity index (χ2v) is 5.19. The van der Waals surface area contributed by atoms with E-state index in [1.165, 1.54) is 11.3 Å². The van der Waals surface area contributed by atoms with Gasteiger partial charge in [-0.1, -0.05) is 6.92 Å². The summed E-state index contributed by atoms with van der Waals surface area (Å²) in [6.45, 7) is 3.88. The maximum Gasteiger partial charge on any atom is 0.257 e. The van der Waals surface area contributed by atoms with E-state index in [1.807, 2.05) is 13.8 Å². The Balaban J connectivity index is 2.20. The summed E-state index contributed by atoms with van der Waals surface area (Å²) >= 11 is 1.34. The fourth-order valence-corrected chi connectivity index (χ4v) is 2.56. The first-order chi connectivity index (χ1) is 8.99. The number of nitrogens with zero attached hydrogens (tertiary/aromatic N) is 1. The molecule has 3 nitrogen and oxygen atoms in total. The molecule has 100 valence electrons. The molecule has 0 bridgehead atoms. The quantitative estimate of drug-likeness (QED) is 0.935. The molecule has 0 spiro atoms. The molecular weight excluding hydrogens is 270 g/mol. The zero-order valence-corrected chi connectivity index (χ0v) is 11.3. The lowest BCUT2D eigenvalue weighted by Crippen LogP contribution is -2.12. The van der Waals surface area contributed by atoms with E-state index in [9.17, 15) is 13.6 Å². The minimum Gasteiger partial charge on any atom is -0.298 e. The molecule has 2 aromatic rings. The number of amides is 1. The maximum atomic E-state index is 13.0. The number of aryl methyl sites for hydroxylation is 2. The van der Waals surface area contributed by atoms with E-state index in [0.717, 1.165) is 35.2 Å². The molecule has 1 aromatic heterocycles. The van der Waals surface area contributed by atoms with Crippen LogP contribution in [0.5, 0.6) is 0 Å². The first-order valence-corrected chi connectivity index (χ1v) is 6.55. The maximum absolute atomic E-state index is 13.0. The van der Waals surface area contributed by atoms with Crippen molar-refractivity contribution in [3.05, 3.63) is 46.0 Å². The Bertz CT molecular complexity index is 605. The Morgan fingerprint density at radius 3 is 2.47 bits per heavy atom. The van der Waals surface area contributed by atoms with Crippen molar-refractivity contribution in [3.63, 3.8) is 0 Å². The second kappa shape index (κ2) is 5.44. The summed E-state index contributed by atoms with van der Waals surface area (Å²) in [5.74, 6) is -2.14. The number of aromatic nitrogens is 1. The number of hydrogen-bond donors (Lipinski definition) is 1. The third kappa shape index (κ3) is 3.14. The second-order valence-electron chi connectivity index (χ2n) is 3.99. The summed E-state index contributed by atoms with van der Waals surface area (Å²) in [4.78, 5) is 17.1. The molecule has 19 heavy (non-hydrogen) atoms. The van der Waals surface area contributed by atoms with Crippen molar-refractivity contribution in [1.29, 1.82) is 0 Å². The van der Waals surface area contributed by atoms with E-state index < -0.39 is 17.5 Å². The molecule has 0 saturated heterocycles. The summed E-state index contributed by atoms with van der Waals surface area (Å²) in [5.41, 5.74) is 0.842. The molecule has 0 aliphatic carbocycles. The highest BCUT2D eigenvalue weighted by atomic mass is 32.1. The van der Waals surface area contributed by atoms with Crippen molar-refractivity contribution in [3.8, 4) is 0 Å². The van der Waals surface area contributed by atoms with Crippen LogP contribution < -0.4 is 5.32 Å². The summed E-state index contributed by atoms with van der Waals surface area (Å²) in [7, 11) is 0. The molecule has 6 heteroatoms. The molecule has 1 N–H and O–H groups in total. The molecule has 2 rings (SSSR count). The number of halogens is 2. The van der Waals surface area contributed by atoms with Gasteiger partial charge in [-0.15, -0.1) is 11.3 Å². The Hall–Kier alpha value is -1.82. The number of nitrogens with one attached hydrogen (secondary N) is 1. The SMILES string of the molecule is CCc1nc(NC(=O)c2cc(F)cc(F)c2)sc1C. The van der Waals surface area contributed by atoms with Crippen LogP contribution in [-0.2, 0) is 6.42 Å². The van der Waals surface area contributed by atoms with Crippen LogP contribution in [0.15, 0.2) is 18.2 Å². The summed E-state index contributed by atoms with van der Waals surface area (Å²) in [6.07, 6.45) is 0.771. The molecule has 0 aliphatic heterocycles. The van der Waals surface area contributed by atoms with Crippen molar-refractivity contribution in [2.45, 2.75) is 20.3 Å². The number of carbonyl (C=O) groups excluding carboxylic acids is 1. The van der Waals surface area contributed by atoms with E-state index >= 15 is 0 Å². The summed E-state index contributed by atoms with van der Waals surface area (Å²) in [6, 6.07) is 2.69. The van der Waals surface area contributed by atoms with Crippen LogP contribution in [0.3, 0.4) is 0 Å². The molecular formula is C13H12F2N2OS. The fourth-order valence-electron chi connectivity index (χ4n) is 1.66. The van der Waals surface area contributed by atoms with E-state index in [1.54, 1.807) is 0 Å². The highest BCUT2D eigenvalue weighted by Gasteiger charge is 2.12. The van der Waals surface area contributed by atoms with Gasteiger partial charge in [0.05, 0.1) is 5.69 Å². The monoisotopic (exact) mass is 282 g/mol. The van der Waals surface area contributed by atoms with Gasteiger partial charge < -0.3 is 0 Å². The van der Waals surface area contributed by atoms with Crippen LogP contribution in [0.4, 0.5) is 13.9 Å². The predicted octanol–water partition coefficient (Wildman–Crippen LogP) is 3.54. The van der Waals surface area contributed by atoms with Gasteiger partial charge in [0.2, 0.25) is 0 Å². The van der Waals surface area contributed by atoms with Gasteiger partial charge in [0.25, 0.3) is 5.91 Å². The third-order valence-corrected chi connectivity index (χ3v) is 3.50. The van der Waals surface area contributed by atoms with E-state index in [4.69, 9.17) is 0 Å². The van der Waals surface area contributed by atoms with Gasteiger partial charge in [0.1, 0.15) is 11.6 Å². The standard InChI is InChI=1S/C13H12F2N2OS/c1-3-11-7(2)19-13(16-11)17-12(18)8-4-9(14)6-10(15)5-8/h4-6H,3H2,1-2H3,(H,16,17,18). The van der Waals surface area contributed by atoms with Crippen LogP contribution in [0.2, 0.25) is 0 Å². The van der Waals surface area contributed by atoms with Gasteiger partial charge in [-0.2, -0.15) is 0 Å². The number of anilines is 1. The summed E-state index contributed by atoms with van der Waals surface area (Å²) in [5, 5.41) is 2.98. The van der Waals surface area contributed by atoms with Crippen molar-refractivity contribution >= 4 is 22.4 Å². The smallest absolute Gasteiger partial charge is 0.257 e. The first kappa shape index (κ1) is 13.6. The highest BCUT2D eigenvalue weighted by molar-refractivity contribution is 7.15. The molecule has 1 amide bonds. The minimum absolute atomic E-state index is 0.0663. The van der Waals surface area contributed by atoms with Gasteiger partial charge in [-0.05, 0) is 25.5 Å². The van der Waals surface area contributed by atoms with Gasteiger partial charge >= 0.3 is 0 Å². The number of hydrogen-bond acceptors (Lipinski definition) is 3. The van der Waals surface area contributed by atoms with Crippen LogP contribution in [-0.4, -0.2) is 10.9 Å². The molecule has 0 unspecified atom stereocenters. The van der Waals surface area contributed by atoms with Crippen LogP contribution in [0, 0.1) is 18.6 Å². The van der Waals surface area contributed by atoms with Crippen molar-refractivity contribution in [2.75, 3.05) is 5.32 Å². The largest absolute Gasteiger partial charge is 0.298 e. The van der Waals surface area contributed by atoms with E-state index in [-0.39, 0.29) is 5.56 Å². The van der Waals surface area contributed by atoms with E-state index in [0.29, 0.717) is 5.13 Å². The van der Waals surface area contributed by atoms with E-state index in [2.05, 4.69) is 10.3 Å². The van der Waals surface area contributed by atoms with Gasteiger partial charge in [0, 0.05) is 16.5 Å². The zero-order chi connectivity index (χ0) is 14.0. The number of rotatable bonds is 3. The van der Waals surface area contributed by atoms with Gasteiger partial charge in [0.15, 0.2) is 5.13 Å². The average Bonchev–Trinajstić information content (AvgIpc) is 2.68. The van der Waals surface area contributed by atoms with Crippen LogP contribution in [0.25, 0.3) is 0 Å². The zero-order valence-electron chi connectivity index (χ0n) is 10.5. The molecule has 0 fully saturated rings. The molecule has 1 heterocycles. The van der Waals surface area contributed by atoms with Crippen LogP contribution >= 0.6 is 11.3 Å². The Morgan fingerprint density at radius 1 is 1.32 bits per heavy atom. The fraction of sp³-hybridized carbons (Fsp3) is 0.231. The third-order valence-electron chi connectivity index (χ3n) is 2.57. The van der Waals surface area contributed by atoms with Crippen molar-refractivity contribution in [2.24, 2.45) is 0 Å². The van der Waals surface area contributed by atoms with Gasteiger partial charge in [-0.3, -0.25) is 10.1 Å². The molecule has 0 saturated carbocycles. The first-order valence-electron chi connectivity index (χ1n) is 5.73. The number of carbonyl (C=O) groups is 1. The summed E-state index contributed by atoms with van der Waals surface area (Å²) < 4.78 is 26.0. The normalized spacial score (nSPS) is 10.5. The molecule has 0 atom stereocenters. The molecule has 0 radical (unpaired) electrons. The molecule has 0 aliphatic rings. The Labute approximate surface area is 113 Å². The average molecular weight is 282 g/mol. The van der Waals surface area contributed by atoms with Crippen molar-refractivity contribution < 1.29 is 13.6 Å². The minimum atomic E-state index is -0.783. The van der Waals surface area contributed by atoms with Crippen LogP contribution in [0.1, 0.15) is 27.9 Å². The lowest BCUT2D eigenvalue weighted by atomic mass is 10.2. The molecule has 1 aromatic carbocycles. The lowest BCUT2D eigenvalue weighted by Gasteiger charge is -2.02. The Kier molecular flexibility index (Phi) is 3.90. The number of benzene rings is 1. The predicted molar refractivity (Wildman–Crippen MR) is 70.5 cm³/mol. The van der Waals surface area contributed by atoms with Crippen molar-refractivity contribution in [1.82, 2.24) is 4.98 Å².